The molecule has 0 aliphatic carbocycles. The smallest absolute Gasteiger partial charge is 0.267 e. The third-order valence-corrected chi connectivity index (χ3v) is 6.12. The lowest BCUT2D eigenvalue weighted by atomic mass is 10.0. The Morgan fingerprint density at radius 1 is 0.875 bits per heavy atom. The number of ether oxygens (including phenoxy) is 2. The fourth-order valence-corrected chi connectivity index (χ4v) is 3.96. The van der Waals surface area contributed by atoms with Crippen molar-refractivity contribution < 1.29 is 23.9 Å². The van der Waals surface area contributed by atoms with E-state index >= 15 is 0 Å². The normalized spacial score (nSPS) is 17.8. The number of ketones is 1. The van der Waals surface area contributed by atoms with Gasteiger partial charge in [0, 0.05) is 44.6 Å². The van der Waals surface area contributed by atoms with Crippen molar-refractivity contribution in [3.63, 3.8) is 0 Å². The zero-order valence-electron chi connectivity index (χ0n) is 18.5. The van der Waals surface area contributed by atoms with E-state index in [1.807, 2.05) is 50.2 Å². The molecule has 0 aromatic heterocycles. The van der Waals surface area contributed by atoms with Crippen molar-refractivity contribution in [3.05, 3.63) is 59.2 Å². The van der Waals surface area contributed by atoms with Crippen LogP contribution >= 0.6 is 0 Å². The van der Waals surface area contributed by atoms with Gasteiger partial charge in [-0.2, -0.15) is 0 Å². The Bertz CT molecular complexity index is 1030. The van der Waals surface area contributed by atoms with Gasteiger partial charge in [-0.15, -0.1) is 0 Å². The average Bonchev–Trinajstić information content (AvgIpc) is 2.83. The largest absolute Gasteiger partial charge is 0.485 e. The molecule has 2 aliphatic heterocycles. The van der Waals surface area contributed by atoms with E-state index < -0.39 is 6.10 Å². The van der Waals surface area contributed by atoms with Gasteiger partial charge < -0.3 is 19.3 Å². The van der Waals surface area contributed by atoms with Crippen LogP contribution in [-0.4, -0.2) is 66.3 Å². The van der Waals surface area contributed by atoms with E-state index in [1.54, 1.807) is 15.9 Å². The van der Waals surface area contributed by atoms with Crippen LogP contribution in [0.2, 0.25) is 0 Å². The summed E-state index contributed by atoms with van der Waals surface area (Å²) in [4.78, 5) is 41.3. The van der Waals surface area contributed by atoms with Crippen LogP contribution in [0.4, 0.5) is 0 Å². The van der Waals surface area contributed by atoms with E-state index in [0.717, 1.165) is 11.1 Å². The molecule has 1 fully saturated rings. The predicted molar refractivity (Wildman–Crippen MR) is 119 cm³/mol. The first kappa shape index (κ1) is 21.9. The Hall–Kier alpha value is -3.35. The maximum atomic E-state index is 12.8. The van der Waals surface area contributed by atoms with Crippen molar-refractivity contribution in [2.75, 3.05) is 32.8 Å². The second kappa shape index (κ2) is 9.42. The SMILES string of the molecule is Cc1ccc(C(=O)CCC(=O)N2CCN(C(=O)C3COc4ccccc4O3)CC2)cc1C. The molecule has 32 heavy (non-hydrogen) atoms. The number of fused-ring (bicyclic) bond motifs is 1. The number of rotatable bonds is 5. The molecule has 1 atom stereocenters. The monoisotopic (exact) mass is 436 g/mol. The third kappa shape index (κ3) is 4.77. The summed E-state index contributed by atoms with van der Waals surface area (Å²) in [6, 6.07) is 12.9. The highest BCUT2D eigenvalue weighted by atomic mass is 16.6. The summed E-state index contributed by atoms with van der Waals surface area (Å²) in [5.41, 5.74) is 2.85. The number of hydrogen-bond acceptors (Lipinski definition) is 5. The molecule has 0 saturated carbocycles. The van der Waals surface area contributed by atoms with Crippen molar-refractivity contribution in [2.45, 2.75) is 32.8 Å². The fraction of sp³-hybridized carbons (Fsp3) is 0.400. The number of aryl methyl sites for hydroxylation is 2. The van der Waals surface area contributed by atoms with Crippen LogP contribution in [0.5, 0.6) is 11.5 Å². The standard InChI is InChI=1S/C25H28N2O5/c1-17-7-8-19(15-18(17)2)20(28)9-10-24(29)26-11-13-27(14-12-26)25(30)23-16-31-21-5-3-4-6-22(21)32-23/h3-8,15,23H,9-14,16H2,1-2H3. The molecular formula is C25H28N2O5. The van der Waals surface area contributed by atoms with E-state index in [9.17, 15) is 14.4 Å². The van der Waals surface area contributed by atoms with Gasteiger partial charge in [-0.05, 0) is 43.2 Å². The minimum atomic E-state index is -0.678. The van der Waals surface area contributed by atoms with Gasteiger partial charge in [-0.3, -0.25) is 14.4 Å². The number of Topliss-reactive ketones (excluding diaryl/α,β-unsaturated/α-hetero) is 1. The van der Waals surface area contributed by atoms with Gasteiger partial charge in [-0.1, -0.05) is 24.3 Å². The van der Waals surface area contributed by atoms with Crippen molar-refractivity contribution in [1.29, 1.82) is 0 Å². The first-order valence-corrected chi connectivity index (χ1v) is 11.0. The Balaban J connectivity index is 1.24. The molecule has 7 nitrogen and oxygen atoms in total. The van der Waals surface area contributed by atoms with E-state index in [1.165, 1.54) is 0 Å². The van der Waals surface area contributed by atoms with Crippen LogP contribution in [0.1, 0.15) is 34.3 Å². The highest BCUT2D eigenvalue weighted by Crippen LogP contribution is 2.31. The number of hydrogen-bond donors (Lipinski definition) is 0. The molecular weight excluding hydrogens is 408 g/mol. The molecule has 0 bridgehead atoms. The first-order valence-electron chi connectivity index (χ1n) is 11.0. The van der Waals surface area contributed by atoms with Crippen molar-refractivity contribution in [3.8, 4) is 11.5 Å². The molecule has 2 amide bonds. The highest BCUT2D eigenvalue weighted by molar-refractivity contribution is 5.98. The number of para-hydroxylation sites is 2. The molecule has 2 aliphatic rings. The van der Waals surface area contributed by atoms with Gasteiger partial charge in [0.2, 0.25) is 12.0 Å². The minimum absolute atomic E-state index is 0.0232. The second-order valence-corrected chi connectivity index (χ2v) is 8.29. The quantitative estimate of drug-likeness (QED) is 0.674. The molecule has 2 heterocycles. The van der Waals surface area contributed by atoms with Gasteiger partial charge in [0.25, 0.3) is 5.91 Å². The maximum absolute atomic E-state index is 12.8. The zero-order valence-corrected chi connectivity index (χ0v) is 18.5. The van der Waals surface area contributed by atoms with Gasteiger partial charge in [-0.25, -0.2) is 0 Å². The highest BCUT2D eigenvalue weighted by Gasteiger charge is 2.33. The van der Waals surface area contributed by atoms with Gasteiger partial charge in [0.1, 0.15) is 6.61 Å². The fourth-order valence-electron chi connectivity index (χ4n) is 3.96. The number of amides is 2. The molecule has 0 N–H and O–H groups in total. The summed E-state index contributed by atoms with van der Waals surface area (Å²) in [7, 11) is 0. The minimum Gasteiger partial charge on any atom is -0.485 e. The molecule has 2 aromatic carbocycles. The summed E-state index contributed by atoms with van der Waals surface area (Å²) in [5.74, 6) is 1.00. The van der Waals surface area contributed by atoms with Crippen LogP contribution in [0, 0.1) is 13.8 Å². The Morgan fingerprint density at radius 2 is 1.56 bits per heavy atom. The van der Waals surface area contributed by atoms with Crippen LogP contribution < -0.4 is 9.47 Å². The average molecular weight is 437 g/mol. The molecule has 1 unspecified atom stereocenters. The molecule has 0 radical (unpaired) electrons. The van der Waals surface area contributed by atoms with E-state index in [0.29, 0.717) is 43.2 Å². The lowest BCUT2D eigenvalue weighted by Crippen LogP contribution is -2.55. The second-order valence-electron chi connectivity index (χ2n) is 8.29. The Labute approximate surface area is 187 Å². The lowest BCUT2D eigenvalue weighted by Gasteiger charge is -2.37. The van der Waals surface area contributed by atoms with E-state index in [-0.39, 0.29) is 37.0 Å². The number of nitrogens with zero attached hydrogens (tertiary/aromatic N) is 2. The molecule has 7 heteroatoms. The number of piperazine rings is 1. The number of benzene rings is 2. The number of carbonyl (C=O) groups excluding carboxylic acids is 3. The van der Waals surface area contributed by atoms with E-state index in [4.69, 9.17) is 9.47 Å². The van der Waals surface area contributed by atoms with Crippen molar-refractivity contribution in [1.82, 2.24) is 9.80 Å². The van der Waals surface area contributed by atoms with Gasteiger partial charge >= 0.3 is 0 Å². The van der Waals surface area contributed by atoms with Crippen LogP contribution in [0.15, 0.2) is 42.5 Å². The van der Waals surface area contributed by atoms with Gasteiger partial charge in [0.05, 0.1) is 0 Å². The molecule has 0 spiro atoms. The number of carbonyl (C=O) groups is 3. The summed E-state index contributed by atoms with van der Waals surface area (Å²) < 4.78 is 11.5. The Morgan fingerprint density at radius 3 is 2.28 bits per heavy atom. The molecule has 168 valence electrons. The summed E-state index contributed by atoms with van der Waals surface area (Å²) in [6.45, 7) is 5.94. The predicted octanol–water partition coefficient (Wildman–Crippen LogP) is 2.78. The summed E-state index contributed by atoms with van der Waals surface area (Å²) in [5, 5.41) is 0. The van der Waals surface area contributed by atoms with Crippen molar-refractivity contribution >= 4 is 17.6 Å². The van der Waals surface area contributed by atoms with Crippen LogP contribution in [-0.2, 0) is 9.59 Å². The lowest BCUT2D eigenvalue weighted by molar-refractivity contribution is -0.146. The zero-order chi connectivity index (χ0) is 22.7. The summed E-state index contributed by atoms with van der Waals surface area (Å²) >= 11 is 0. The van der Waals surface area contributed by atoms with Crippen LogP contribution in [0.25, 0.3) is 0 Å². The maximum Gasteiger partial charge on any atom is 0.267 e. The molecule has 2 aromatic rings. The van der Waals surface area contributed by atoms with E-state index in [2.05, 4.69) is 0 Å². The summed E-state index contributed by atoms with van der Waals surface area (Å²) in [6.07, 6.45) is -0.314. The third-order valence-electron chi connectivity index (χ3n) is 6.12. The van der Waals surface area contributed by atoms with Gasteiger partial charge in [0.15, 0.2) is 17.3 Å². The topological polar surface area (TPSA) is 76.2 Å². The van der Waals surface area contributed by atoms with Crippen LogP contribution in [0.3, 0.4) is 0 Å². The molecule has 1 saturated heterocycles. The van der Waals surface area contributed by atoms with Crippen molar-refractivity contribution in [2.24, 2.45) is 0 Å². The first-order chi connectivity index (χ1) is 15.4. The Kier molecular flexibility index (Phi) is 6.44. The molecule has 4 rings (SSSR count).